The van der Waals surface area contributed by atoms with Gasteiger partial charge in [0.25, 0.3) is 0 Å². The van der Waals surface area contributed by atoms with Gasteiger partial charge in [0.15, 0.2) is 0 Å². The molecule has 0 fully saturated rings. The van der Waals surface area contributed by atoms with Crippen molar-refractivity contribution in [3.05, 3.63) is 42.5 Å². The van der Waals surface area contributed by atoms with Crippen LogP contribution in [0.25, 0.3) is 16.7 Å². The molecule has 0 bridgehead atoms. The summed E-state index contributed by atoms with van der Waals surface area (Å²) in [5.74, 6) is 0.804. The molecule has 0 amide bonds. The molecule has 35 heavy (non-hydrogen) atoms. The summed E-state index contributed by atoms with van der Waals surface area (Å²) in [6.45, 7) is 2.97. The van der Waals surface area contributed by atoms with Gasteiger partial charge < -0.3 is 9.84 Å². The van der Waals surface area contributed by atoms with Crippen LogP contribution in [0, 0.1) is 0 Å². The number of nitrogens with zero attached hydrogens (tertiary/aromatic N) is 3. The maximum Gasteiger partial charge on any atom is 0.146 e. The molecule has 1 N–H and O–H groups in total. The van der Waals surface area contributed by atoms with E-state index < -0.39 is 0 Å². The Hall–Kier alpha value is -2.56. The van der Waals surface area contributed by atoms with E-state index in [0.717, 1.165) is 17.5 Å². The summed E-state index contributed by atoms with van der Waals surface area (Å²) >= 11 is 0. The predicted octanol–water partition coefficient (Wildman–Crippen LogP) is 8.77. The number of hydrogen-bond donors (Lipinski definition) is 1. The molecule has 5 nitrogen and oxygen atoms in total. The van der Waals surface area contributed by atoms with Crippen LogP contribution in [0.1, 0.15) is 110 Å². The minimum Gasteiger partial charge on any atom is -0.505 e. The van der Waals surface area contributed by atoms with E-state index in [-0.39, 0.29) is 5.75 Å². The first-order chi connectivity index (χ1) is 17.3. The number of rotatable bonds is 19. The standard InChI is InChI=1S/C30H45N3O2/c1-2-3-4-5-6-7-8-9-10-11-12-13-14-15-16-19-24-35-26-22-23-29(30(34)25-26)33-31-27-20-17-18-21-28(27)32-33/h17-18,20-23,25,34H,2-16,19,24H2,1H3. The highest BCUT2D eigenvalue weighted by Crippen LogP contribution is 2.27. The first kappa shape index (κ1) is 27.0. The summed E-state index contributed by atoms with van der Waals surface area (Å²) < 4.78 is 5.85. The molecule has 0 atom stereocenters. The second kappa shape index (κ2) is 16.2. The number of hydrogen-bond acceptors (Lipinski definition) is 4. The van der Waals surface area contributed by atoms with Crippen LogP contribution in [0.15, 0.2) is 42.5 Å². The van der Waals surface area contributed by atoms with Gasteiger partial charge in [0.05, 0.1) is 6.61 Å². The van der Waals surface area contributed by atoms with Crippen LogP contribution in [-0.2, 0) is 0 Å². The fraction of sp³-hybridized carbons (Fsp3) is 0.600. The molecule has 0 aliphatic carbocycles. The number of unbranched alkanes of at least 4 members (excludes halogenated alkanes) is 15. The van der Waals surface area contributed by atoms with E-state index in [4.69, 9.17) is 4.74 Å². The van der Waals surface area contributed by atoms with Crippen molar-refractivity contribution in [2.75, 3.05) is 6.61 Å². The number of aromatic nitrogens is 3. The number of ether oxygens (including phenoxy) is 1. The molecule has 3 rings (SSSR count). The van der Waals surface area contributed by atoms with E-state index in [0.29, 0.717) is 18.0 Å². The van der Waals surface area contributed by atoms with Crippen LogP contribution in [-0.4, -0.2) is 26.7 Å². The zero-order valence-electron chi connectivity index (χ0n) is 21.8. The molecule has 1 aromatic heterocycles. The smallest absolute Gasteiger partial charge is 0.146 e. The lowest BCUT2D eigenvalue weighted by atomic mass is 10.0. The Labute approximate surface area is 211 Å². The van der Waals surface area contributed by atoms with Crippen molar-refractivity contribution in [1.29, 1.82) is 0 Å². The highest BCUT2D eigenvalue weighted by atomic mass is 16.5. The summed E-state index contributed by atoms with van der Waals surface area (Å²) in [6.07, 6.45) is 21.8. The fourth-order valence-corrected chi connectivity index (χ4v) is 4.57. The normalized spacial score (nSPS) is 11.3. The third-order valence-electron chi connectivity index (χ3n) is 6.72. The number of phenolic OH excluding ortho intramolecular Hbond substituents is 1. The molecular weight excluding hydrogens is 434 g/mol. The lowest BCUT2D eigenvalue weighted by Gasteiger charge is -2.09. The van der Waals surface area contributed by atoms with E-state index in [1.54, 1.807) is 12.1 Å². The van der Waals surface area contributed by atoms with Crippen molar-refractivity contribution < 1.29 is 9.84 Å². The minimum atomic E-state index is 0.120. The second-order valence-corrected chi connectivity index (χ2v) is 9.78. The van der Waals surface area contributed by atoms with Crippen LogP contribution in [0.2, 0.25) is 0 Å². The Balaban J connectivity index is 1.18. The van der Waals surface area contributed by atoms with Crippen LogP contribution in [0.3, 0.4) is 0 Å². The topological polar surface area (TPSA) is 60.2 Å². The average Bonchev–Trinajstić information content (AvgIpc) is 3.30. The molecule has 2 aromatic carbocycles. The number of benzene rings is 2. The molecule has 0 spiro atoms. The second-order valence-electron chi connectivity index (χ2n) is 9.78. The van der Waals surface area contributed by atoms with Crippen LogP contribution < -0.4 is 4.74 Å². The first-order valence-corrected chi connectivity index (χ1v) is 14.1. The Bertz CT molecular complexity index is 936. The average molecular weight is 480 g/mol. The van der Waals surface area contributed by atoms with Gasteiger partial charge in [0.1, 0.15) is 28.2 Å². The van der Waals surface area contributed by atoms with Gasteiger partial charge in [0.2, 0.25) is 0 Å². The molecule has 0 radical (unpaired) electrons. The van der Waals surface area contributed by atoms with Crippen molar-refractivity contribution in [2.45, 2.75) is 110 Å². The lowest BCUT2D eigenvalue weighted by molar-refractivity contribution is 0.302. The highest BCUT2D eigenvalue weighted by molar-refractivity contribution is 5.73. The van der Waals surface area contributed by atoms with Crippen molar-refractivity contribution in [3.63, 3.8) is 0 Å². The van der Waals surface area contributed by atoms with E-state index in [1.807, 2.05) is 30.3 Å². The lowest BCUT2D eigenvalue weighted by Crippen LogP contribution is -2.01. The Morgan fingerprint density at radius 1 is 0.657 bits per heavy atom. The Morgan fingerprint density at radius 3 is 1.63 bits per heavy atom. The van der Waals surface area contributed by atoms with Gasteiger partial charge in [-0.05, 0) is 30.7 Å². The maximum atomic E-state index is 10.4. The number of fused-ring (bicyclic) bond motifs is 1. The molecule has 0 unspecified atom stereocenters. The molecule has 5 heteroatoms. The molecule has 0 aliphatic heterocycles. The number of aromatic hydroxyl groups is 1. The van der Waals surface area contributed by atoms with Gasteiger partial charge in [-0.1, -0.05) is 115 Å². The van der Waals surface area contributed by atoms with Gasteiger partial charge in [0, 0.05) is 6.07 Å². The van der Waals surface area contributed by atoms with Crippen molar-refractivity contribution in [2.24, 2.45) is 0 Å². The SMILES string of the molecule is CCCCCCCCCCCCCCCCCCOc1ccc(-n2nc3ccccc3n2)c(O)c1. The van der Waals surface area contributed by atoms with Crippen LogP contribution >= 0.6 is 0 Å². The van der Waals surface area contributed by atoms with Gasteiger partial charge in [-0.2, -0.15) is 0 Å². The third kappa shape index (κ3) is 9.91. The zero-order chi connectivity index (χ0) is 24.6. The summed E-state index contributed by atoms with van der Waals surface area (Å²) in [7, 11) is 0. The largest absolute Gasteiger partial charge is 0.505 e. The van der Waals surface area contributed by atoms with E-state index in [2.05, 4.69) is 17.1 Å². The van der Waals surface area contributed by atoms with Crippen molar-refractivity contribution in [3.8, 4) is 17.2 Å². The van der Waals surface area contributed by atoms with Crippen molar-refractivity contribution in [1.82, 2.24) is 15.0 Å². The summed E-state index contributed by atoms with van der Waals surface area (Å²) in [5, 5.41) is 19.3. The van der Waals surface area contributed by atoms with E-state index in [1.165, 1.54) is 101 Å². The maximum absolute atomic E-state index is 10.4. The van der Waals surface area contributed by atoms with Crippen molar-refractivity contribution >= 4 is 11.0 Å². The minimum absolute atomic E-state index is 0.120. The van der Waals surface area contributed by atoms with E-state index >= 15 is 0 Å². The Kier molecular flexibility index (Phi) is 12.5. The fourth-order valence-electron chi connectivity index (χ4n) is 4.57. The zero-order valence-corrected chi connectivity index (χ0v) is 21.8. The molecule has 0 saturated heterocycles. The van der Waals surface area contributed by atoms with Crippen LogP contribution in [0.4, 0.5) is 0 Å². The summed E-state index contributed by atoms with van der Waals surface area (Å²) in [6, 6.07) is 13.0. The van der Waals surface area contributed by atoms with Gasteiger partial charge in [-0.25, -0.2) is 0 Å². The Morgan fingerprint density at radius 2 is 1.14 bits per heavy atom. The predicted molar refractivity (Wildman–Crippen MR) is 146 cm³/mol. The van der Waals surface area contributed by atoms with Gasteiger partial charge in [-0.3, -0.25) is 0 Å². The molecule has 0 saturated carbocycles. The third-order valence-corrected chi connectivity index (χ3v) is 6.72. The molecule has 1 heterocycles. The first-order valence-electron chi connectivity index (χ1n) is 14.1. The quantitative estimate of drug-likeness (QED) is 0.175. The molecule has 192 valence electrons. The van der Waals surface area contributed by atoms with Gasteiger partial charge >= 0.3 is 0 Å². The highest BCUT2D eigenvalue weighted by Gasteiger charge is 2.09. The van der Waals surface area contributed by atoms with Gasteiger partial charge in [-0.15, -0.1) is 15.0 Å². The monoisotopic (exact) mass is 479 g/mol. The number of phenols is 1. The molecular formula is C30H45N3O2. The molecule has 3 aromatic rings. The summed E-state index contributed by atoms with van der Waals surface area (Å²) in [5.41, 5.74) is 2.16. The summed E-state index contributed by atoms with van der Waals surface area (Å²) in [4.78, 5) is 1.47. The van der Waals surface area contributed by atoms with Crippen LogP contribution in [0.5, 0.6) is 11.5 Å². The van der Waals surface area contributed by atoms with E-state index in [9.17, 15) is 5.11 Å². The molecule has 0 aliphatic rings.